The zero-order valence-electron chi connectivity index (χ0n) is 12.1. The fourth-order valence-electron chi connectivity index (χ4n) is 2.16. The van der Waals surface area contributed by atoms with Crippen molar-refractivity contribution in [2.24, 2.45) is 0 Å². The molecule has 2 aromatic rings. The molecule has 2 rings (SSSR count). The molecule has 0 fully saturated rings. The van der Waals surface area contributed by atoms with Crippen molar-refractivity contribution in [2.75, 3.05) is 6.54 Å². The van der Waals surface area contributed by atoms with Crippen LogP contribution in [0.5, 0.6) is 0 Å². The van der Waals surface area contributed by atoms with E-state index in [4.69, 9.17) is 11.6 Å². The lowest BCUT2D eigenvalue weighted by molar-refractivity contribution is 0.0943. The maximum absolute atomic E-state index is 12.3. The van der Waals surface area contributed by atoms with E-state index in [0.29, 0.717) is 12.2 Å². The summed E-state index contributed by atoms with van der Waals surface area (Å²) in [6.07, 6.45) is 2.69. The van der Waals surface area contributed by atoms with E-state index in [1.54, 1.807) is 0 Å². The van der Waals surface area contributed by atoms with Crippen LogP contribution in [-0.4, -0.2) is 17.0 Å². The molecule has 112 valence electrons. The Morgan fingerprint density at radius 2 is 2.14 bits per heavy atom. The number of hydrogen-bond donors (Lipinski definition) is 1. The molecule has 0 radical (unpaired) electrons. The maximum Gasteiger partial charge on any atom is 0.267 e. The highest BCUT2D eigenvalue weighted by Crippen LogP contribution is 2.19. The van der Waals surface area contributed by atoms with Crippen molar-refractivity contribution in [1.82, 2.24) is 9.88 Å². The molecule has 0 unspecified atom stereocenters. The van der Waals surface area contributed by atoms with E-state index in [1.807, 2.05) is 41.1 Å². The van der Waals surface area contributed by atoms with Crippen molar-refractivity contribution >= 4 is 33.4 Å². The number of halogens is 2. The van der Waals surface area contributed by atoms with Gasteiger partial charge < -0.3 is 9.88 Å². The average molecular weight is 370 g/mol. The van der Waals surface area contributed by atoms with E-state index in [-0.39, 0.29) is 11.9 Å². The van der Waals surface area contributed by atoms with Gasteiger partial charge in [0.2, 0.25) is 0 Å². The maximum atomic E-state index is 12.3. The molecule has 0 saturated carbocycles. The number of aromatic nitrogens is 1. The van der Waals surface area contributed by atoms with Crippen LogP contribution in [0.3, 0.4) is 0 Å². The molecule has 1 aromatic carbocycles. The molecule has 1 N–H and O–H groups in total. The fourth-order valence-corrected chi connectivity index (χ4v) is 2.81. The molecular weight excluding hydrogens is 352 g/mol. The lowest BCUT2D eigenvalue weighted by Gasteiger charge is -2.12. The van der Waals surface area contributed by atoms with Gasteiger partial charge in [-0.15, -0.1) is 0 Å². The molecule has 0 saturated heterocycles. The van der Waals surface area contributed by atoms with Crippen LogP contribution < -0.4 is 5.32 Å². The second-order valence-corrected chi connectivity index (χ2v) is 6.53. The fraction of sp³-hybridized carbons (Fsp3) is 0.312. The third-order valence-corrected chi connectivity index (χ3v) is 3.86. The number of benzene rings is 1. The summed E-state index contributed by atoms with van der Waals surface area (Å²) in [5, 5.41) is 3.67. The number of nitrogens with zero attached hydrogens (tertiary/aromatic N) is 1. The molecule has 5 heteroatoms. The van der Waals surface area contributed by atoms with E-state index in [9.17, 15) is 4.79 Å². The van der Waals surface area contributed by atoms with Gasteiger partial charge in [0, 0.05) is 28.3 Å². The van der Waals surface area contributed by atoms with Gasteiger partial charge in [0.05, 0.1) is 0 Å². The highest BCUT2D eigenvalue weighted by molar-refractivity contribution is 9.10. The predicted molar refractivity (Wildman–Crippen MR) is 90.0 cm³/mol. The minimum absolute atomic E-state index is 0.0589. The largest absolute Gasteiger partial charge is 0.350 e. The summed E-state index contributed by atoms with van der Waals surface area (Å²) in [7, 11) is 0. The number of rotatable bonds is 5. The molecule has 0 atom stereocenters. The normalized spacial score (nSPS) is 10.9. The van der Waals surface area contributed by atoms with E-state index in [2.05, 4.69) is 35.1 Å². The quantitative estimate of drug-likeness (QED) is 0.829. The Hall–Kier alpha value is -1.26. The smallest absolute Gasteiger partial charge is 0.267 e. The van der Waals surface area contributed by atoms with Crippen LogP contribution in [0.1, 0.15) is 35.9 Å². The lowest BCUT2D eigenvalue weighted by Crippen LogP contribution is -2.28. The van der Waals surface area contributed by atoms with E-state index in [0.717, 1.165) is 21.5 Å². The molecule has 21 heavy (non-hydrogen) atoms. The predicted octanol–water partition coefficient (Wildman–Crippen LogP) is 4.46. The van der Waals surface area contributed by atoms with E-state index >= 15 is 0 Å². The Kier molecular flexibility index (Phi) is 5.48. The van der Waals surface area contributed by atoms with Gasteiger partial charge in [0.25, 0.3) is 5.91 Å². The number of carbonyl (C=O) groups is 1. The van der Waals surface area contributed by atoms with Crippen LogP contribution in [0, 0.1) is 0 Å². The van der Waals surface area contributed by atoms with Gasteiger partial charge in [-0.2, -0.15) is 0 Å². The first-order valence-corrected chi connectivity index (χ1v) is 8.04. The lowest BCUT2D eigenvalue weighted by atomic mass is 10.1. The Labute approximate surface area is 138 Å². The molecule has 0 aliphatic carbocycles. The molecular formula is C16H18BrClN2O. The highest BCUT2D eigenvalue weighted by Gasteiger charge is 2.14. The van der Waals surface area contributed by atoms with Crippen LogP contribution >= 0.6 is 27.5 Å². The number of amides is 1. The van der Waals surface area contributed by atoms with Crippen molar-refractivity contribution in [3.63, 3.8) is 0 Å². The first-order valence-electron chi connectivity index (χ1n) is 6.87. The van der Waals surface area contributed by atoms with Gasteiger partial charge >= 0.3 is 0 Å². The van der Waals surface area contributed by atoms with Gasteiger partial charge in [0.1, 0.15) is 5.69 Å². The summed E-state index contributed by atoms with van der Waals surface area (Å²) in [4.78, 5) is 12.3. The minimum Gasteiger partial charge on any atom is -0.350 e. The summed E-state index contributed by atoms with van der Waals surface area (Å²) < 4.78 is 2.87. The van der Waals surface area contributed by atoms with E-state index < -0.39 is 0 Å². The number of hydrogen-bond acceptors (Lipinski definition) is 1. The third kappa shape index (κ3) is 4.35. The minimum atomic E-state index is -0.0589. The topological polar surface area (TPSA) is 34.0 Å². The van der Waals surface area contributed by atoms with E-state index in [1.165, 1.54) is 0 Å². The molecule has 1 amide bonds. The monoisotopic (exact) mass is 368 g/mol. The summed E-state index contributed by atoms with van der Waals surface area (Å²) in [5.41, 5.74) is 1.78. The van der Waals surface area contributed by atoms with Crippen molar-refractivity contribution in [3.8, 4) is 0 Å². The van der Waals surface area contributed by atoms with Crippen LogP contribution in [0.25, 0.3) is 0 Å². The number of carbonyl (C=O) groups excluding carboxylic acids is 1. The zero-order valence-corrected chi connectivity index (χ0v) is 14.4. The van der Waals surface area contributed by atoms with Crippen molar-refractivity contribution in [2.45, 2.75) is 26.3 Å². The molecule has 3 nitrogen and oxygen atoms in total. The van der Waals surface area contributed by atoms with Crippen LogP contribution in [0.15, 0.2) is 41.0 Å². The first-order chi connectivity index (χ1) is 9.97. The summed E-state index contributed by atoms with van der Waals surface area (Å²) >= 11 is 9.36. The Morgan fingerprint density at radius 3 is 2.81 bits per heavy atom. The van der Waals surface area contributed by atoms with Gasteiger partial charge in [-0.3, -0.25) is 4.79 Å². The molecule has 0 spiro atoms. The van der Waals surface area contributed by atoms with Crippen molar-refractivity contribution in [3.05, 3.63) is 57.3 Å². The van der Waals surface area contributed by atoms with Gasteiger partial charge in [-0.05, 0) is 60.0 Å². The zero-order chi connectivity index (χ0) is 15.4. The molecule has 1 aromatic heterocycles. The van der Waals surface area contributed by atoms with Crippen LogP contribution in [0.2, 0.25) is 5.02 Å². The highest BCUT2D eigenvalue weighted by atomic mass is 79.9. The molecule has 1 heterocycles. The third-order valence-electron chi connectivity index (χ3n) is 3.19. The standard InChI is InChI=1S/C16H18BrClN2O/c1-11(2)20-10-13(17)9-15(20)16(21)19-7-6-12-4-3-5-14(18)8-12/h3-5,8-11H,6-7H2,1-2H3,(H,19,21). The second kappa shape index (κ2) is 7.14. The average Bonchev–Trinajstić information content (AvgIpc) is 2.81. The van der Waals surface area contributed by atoms with Crippen molar-refractivity contribution in [1.29, 1.82) is 0 Å². The van der Waals surface area contributed by atoms with Gasteiger partial charge in [0.15, 0.2) is 0 Å². The van der Waals surface area contributed by atoms with Crippen molar-refractivity contribution < 1.29 is 4.79 Å². The van der Waals surface area contributed by atoms with Gasteiger partial charge in [-0.1, -0.05) is 23.7 Å². The summed E-state index contributed by atoms with van der Waals surface area (Å²) in [6, 6.07) is 9.77. The molecule has 0 aliphatic rings. The Bertz CT molecular complexity index is 637. The SMILES string of the molecule is CC(C)n1cc(Br)cc1C(=O)NCCc1cccc(Cl)c1. The summed E-state index contributed by atoms with van der Waals surface area (Å²) in [5.74, 6) is -0.0589. The first kappa shape index (κ1) is 16.1. The molecule has 0 bridgehead atoms. The second-order valence-electron chi connectivity index (χ2n) is 5.18. The summed E-state index contributed by atoms with van der Waals surface area (Å²) in [6.45, 7) is 4.68. The number of nitrogens with one attached hydrogen (secondary N) is 1. The van der Waals surface area contributed by atoms with Gasteiger partial charge in [-0.25, -0.2) is 0 Å². The molecule has 0 aliphatic heterocycles. The Balaban J connectivity index is 1.96. The van der Waals surface area contributed by atoms with Crippen LogP contribution in [-0.2, 0) is 6.42 Å². The Morgan fingerprint density at radius 1 is 1.38 bits per heavy atom. The van der Waals surface area contributed by atoms with Crippen LogP contribution in [0.4, 0.5) is 0 Å².